The molecule has 0 aliphatic carbocycles. The first-order valence-electron chi connectivity index (χ1n) is 11.8. The minimum atomic E-state index is -0.915. The molecule has 12 heteroatoms. The fraction of sp³-hybridized carbons (Fsp3) is 0.565. The highest BCUT2D eigenvalue weighted by molar-refractivity contribution is 5.94. The van der Waals surface area contributed by atoms with Gasteiger partial charge < -0.3 is 24.4 Å². The van der Waals surface area contributed by atoms with Gasteiger partial charge in [0.15, 0.2) is 5.82 Å². The molecule has 0 aromatic carbocycles. The van der Waals surface area contributed by atoms with E-state index in [1.807, 2.05) is 13.0 Å². The molecule has 0 saturated carbocycles. The van der Waals surface area contributed by atoms with E-state index in [2.05, 4.69) is 25.4 Å². The number of cyclic esters (lactones) is 1. The first-order chi connectivity index (χ1) is 16.9. The minimum absolute atomic E-state index is 0.0962. The average molecular weight is 484 g/mol. The molecule has 2 fully saturated rings. The van der Waals surface area contributed by atoms with Gasteiger partial charge in [-0.25, -0.2) is 9.78 Å². The zero-order chi connectivity index (χ0) is 24.6. The Kier molecular flexibility index (Phi) is 6.34. The molecule has 186 valence electrons. The van der Waals surface area contributed by atoms with Gasteiger partial charge in [0.05, 0.1) is 17.4 Å². The minimum Gasteiger partial charge on any atom is -0.456 e. The molecule has 3 aliphatic heterocycles. The number of β-amino-alcohol motifs (C(OH)–C–C–N with tert-alkyl or cyclic N) is 1. The molecule has 2 aromatic heterocycles. The van der Waals surface area contributed by atoms with Crippen LogP contribution in [-0.2, 0) is 19.1 Å². The molecule has 35 heavy (non-hydrogen) atoms. The first kappa shape index (κ1) is 23.5. The Morgan fingerprint density at radius 2 is 1.97 bits per heavy atom. The molecule has 5 rings (SSSR count). The summed E-state index contributed by atoms with van der Waals surface area (Å²) in [4.78, 5) is 33.8. The van der Waals surface area contributed by atoms with Crippen LogP contribution in [-0.4, -0.2) is 97.0 Å². The molecule has 1 N–H and O–H groups in total. The summed E-state index contributed by atoms with van der Waals surface area (Å²) < 4.78 is 12.7. The molecular formula is C23H29N7O5. The molecule has 2 saturated heterocycles. The molecule has 1 amide bonds. The first-order valence-corrected chi connectivity index (χ1v) is 11.8. The van der Waals surface area contributed by atoms with Crippen LogP contribution in [0.4, 0.5) is 0 Å². The predicted octanol–water partition coefficient (Wildman–Crippen LogP) is 0.313. The fourth-order valence-corrected chi connectivity index (χ4v) is 5.01. The molecule has 2 aromatic rings. The summed E-state index contributed by atoms with van der Waals surface area (Å²) in [5.41, 5.74) is 1.67. The fourth-order valence-electron chi connectivity index (χ4n) is 5.01. The largest absolute Gasteiger partial charge is 0.456 e. The summed E-state index contributed by atoms with van der Waals surface area (Å²) in [7, 11) is 0. The summed E-state index contributed by atoms with van der Waals surface area (Å²) >= 11 is 0. The number of ether oxygens (including phenoxy) is 2. The van der Waals surface area contributed by atoms with E-state index in [0.717, 1.165) is 5.56 Å². The van der Waals surface area contributed by atoms with E-state index in [9.17, 15) is 14.7 Å². The predicted molar refractivity (Wildman–Crippen MR) is 121 cm³/mol. The molecule has 3 aliphatic rings. The number of esters is 1. The van der Waals surface area contributed by atoms with Crippen LogP contribution in [0.2, 0.25) is 0 Å². The van der Waals surface area contributed by atoms with Crippen LogP contribution in [0.15, 0.2) is 29.7 Å². The second kappa shape index (κ2) is 9.44. The second-order valence-electron chi connectivity index (χ2n) is 9.22. The zero-order valence-corrected chi connectivity index (χ0v) is 19.9. The van der Waals surface area contributed by atoms with E-state index in [1.165, 1.54) is 11.0 Å². The van der Waals surface area contributed by atoms with Gasteiger partial charge in [-0.15, -0.1) is 5.10 Å². The summed E-state index contributed by atoms with van der Waals surface area (Å²) in [5.74, 6) is 0.115. The molecule has 0 bridgehead atoms. The maximum Gasteiger partial charge on any atom is 0.336 e. The van der Waals surface area contributed by atoms with Gasteiger partial charge in [-0.05, 0) is 49.6 Å². The third-order valence-corrected chi connectivity index (χ3v) is 7.09. The normalized spacial score (nSPS) is 22.0. The average Bonchev–Trinajstić information content (AvgIpc) is 3.47. The van der Waals surface area contributed by atoms with Crippen molar-refractivity contribution in [1.82, 2.24) is 35.0 Å². The van der Waals surface area contributed by atoms with Crippen LogP contribution in [0, 0.1) is 6.92 Å². The van der Waals surface area contributed by atoms with Crippen LogP contribution < -0.4 is 0 Å². The lowest BCUT2D eigenvalue weighted by molar-refractivity contribution is -0.159. The molecular weight excluding hydrogens is 454 g/mol. The summed E-state index contributed by atoms with van der Waals surface area (Å²) in [6, 6.07) is 3.61. The molecule has 1 atom stereocenters. The van der Waals surface area contributed by atoms with Crippen molar-refractivity contribution in [3.8, 4) is 5.82 Å². The number of carbonyl (C=O) groups excluding carboxylic acids is 2. The molecule has 1 spiro atoms. The number of piperidine rings is 1. The maximum absolute atomic E-state index is 13.6. The van der Waals surface area contributed by atoms with Crippen LogP contribution in [0.25, 0.3) is 5.82 Å². The lowest BCUT2D eigenvalue weighted by Crippen LogP contribution is -2.55. The standard InChI is InChI=1S/C23H29N7O5/c1-15-18(13-34-21(15)32)29-8-3-11-35-23(22(29)33)6-9-28(10-7-23)12-19(31)17-4-5-20(25-16(17)2)30-14-24-26-27-30/h4-5,14,19,31H,3,6-13H2,1-2H3. The molecule has 5 heterocycles. The highest BCUT2D eigenvalue weighted by Gasteiger charge is 2.48. The highest BCUT2D eigenvalue weighted by Crippen LogP contribution is 2.34. The second-order valence-corrected chi connectivity index (χ2v) is 9.22. The summed E-state index contributed by atoms with van der Waals surface area (Å²) in [5, 5.41) is 22.0. The summed E-state index contributed by atoms with van der Waals surface area (Å²) in [6.45, 7) is 6.32. The van der Waals surface area contributed by atoms with Gasteiger partial charge in [-0.1, -0.05) is 6.07 Å². The van der Waals surface area contributed by atoms with Crippen LogP contribution in [0.3, 0.4) is 0 Å². The Morgan fingerprint density at radius 3 is 2.63 bits per heavy atom. The quantitative estimate of drug-likeness (QED) is 0.592. The summed E-state index contributed by atoms with van der Waals surface area (Å²) in [6.07, 6.45) is 2.48. The molecule has 1 unspecified atom stereocenters. The third kappa shape index (κ3) is 4.44. The number of likely N-dealkylation sites (tertiary alicyclic amines) is 1. The zero-order valence-electron chi connectivity index (χ0n) is 19.9. The topological polar surface area (TPSA) is 136 Å². The smallest absolute Gasteiger partial charge is 0.336 e. The number of pyridine rings is 1. The number of aliphatic hydroxyl groups excluding tert-OH is 1. The SMILES string of the molecule is CC1=C(N2CCCOC3(CCN(CC(O)c4ccc(-n5cnnn5)nc4C)CC3)C2=O)COC1=O. The number of aromatic nitrogens is 5. The number of amides is 1. The van der Waals surface area contributed by atoms with Crippen molar-refractivity contribution in [3.05, 3.63) is 41.0 Å². The number of tetrazole rings is 1. The van der Waals surface area contributed by atoms with Gasteiger partial charge >= 0.3 is 5.97 Å². The van der Waals surface area contributed by atoms with Gasteiger partial charge in [0.25, 0.3) is 5.91 Å². The van der Waals surface area contributed by atoms with E-state index >= 15 is 0 Å². The number of hydrogen-bond donors (Lipinski definition) is 1. The van der Waals surface area contributed by atoms with Crippen molar-refractivity contribution in [2.45, 2.75) is 44.8 Å². The monoisotopic (exact) mass is 483 g/mol. The maximum atomic E-state index is 13.6. The van der Waals surface area contributed by atoms with Crippen molar-refractivity contribution < 1.29 is 24.2 Å². The van der Waals surface area contributed by atoms with E-state index < -0.39 is 11.7 Å². The van der Waals surface area contributed by atoms with Crippen molar-refractivity contribution in [3.63, 3.8) is 0 Å². The van der Waals surface area contributed by atoms with E-state index in [0.29, 0.717) is 74.8 Å². The number of aliphatic hydroxyl groups is 1. The van der Waals surface area contributed by atoms with Gasteiger partial charge in [0.1, 0.15) is 18.5 Å². The Balaban J connectivity index is 1.24. The molecule has 0 radical (unpaired) electrons. The lowest BCUT2D eigenvalue weighted by Gasteiger charge is -2.42. The Bertz CT molecular complexity index is 1140. The Morgan fingerprint density at radius 1 is 1.17 bits per heavy atom. The van der Waals surface area contributed by atoms with E-state index in [4.69, 9.17) is 9.47 Å². The van der Waals surface area contributed by atoms with Crippen LogP contribution in [0.5, 0.6) is 0 Å². The van der Waals surface area contributed by atoms with Crippen molar-refractivity contribution in [1.29, 1.82) is 0 Å². The number of hydrogen-bond acceptors (Lipinski definition) is 10. The lowest BCUT2D eigenvalue weighted by atomic mass is 9.89. The number of rotatable bonds is 5. The number of nitrogens with zero attached hydrogens (tertiary/aromatic N) is 7. The van der Waals surface area contributed by atoms with Crippen molar-refractivity contribution in [2.24, 2.45) is 0 Å². The Hall–Kier alpha value is -3.22. The van der Waals surface area contributed by atoms with Crippen molar-refractivity contribution >= 4 is 11.9 Å². The third-order valence-electron chi connectivity index (χ3n) is 7.09. The van der Waals surface area contributed by atoms with Gasteiger partial charge in [0.2, 0.25) is 0 Å². The van der Waals surface area contributed by atoms with Gasteiger partial charge in [0, 0.05) is 44.0 Å². The molecule has 12 nitrogen and oxygen atoms in total. The van der Waals surface area contributed by atoms with Gasteiger partial charge in [-0.2, -0.15) is 4.68 Å². The van der Waals surface area contributed by atoms with E-state index in [-0.39, 0.29) is 18.5 Å². The Labute approximate surface area is 202 Å². The van der Waals surface area contributed by atoms with Crippen LogP contribution in [0.1, 0.15) is 43.5 Å². The number of carbonyl (C=O) groups is 2. The van der Waals surface area contributed by atoms with Crippen molar-refractivity contribution in [2.75, 3.05) is 39.4 Å². The van der Waals surface area contributed by atoms with Crippen LogP contribution >= 0.6 is 0 Å². The highest BCUT2D eigenvalue weighted by atomic mass is 16.5. The van der Waals surface area contributed by atoms with Gasteiger partial charge in [-0.3, -0.25) is 4.79 Å². The van der Waals surface area contributed by atoms with E-state index in [1.54, 1.807) is 17.9 Å². The number of aryl methyl sites for hydroxylation is 1.